The molecule has 1 fully saturated rings. The molecule has 0 bridgehead atoms. The van der Waals surface area contributed by atoms with Crippen molar-refractivity contribution in [1.82, 2.24) is 0 Å². The highest BCUT2D eigenvalue weighted by Gasteiger charge is 2.20. The van der Waals surface area contributed by atoms with Gasteiger partial charge in [-0.05, 0) is 23.8 Å². The first kappa shape index (κ1) is 11.0. The molecule has 76 valence electrons. The summed E-state index contributed by atoms with van der Waals surface area (Å²) in [6.45, 7) is 6.34. The predicted octanol–water partition coefficient (Wildman–Crippen LogP) is 2.93. The van der Waals surface area contributed by atoms with Crippen LogP contribution in [0.4, 0.5) is 0 Å². The summed E-state index contributed by atoms with van der Waals surface area (Å²) in [6, 6.07) is 0. The van der Waals surface area contributed by atoms with Crippen molar-refractivity contribution in [3.8, 4) is 0 Å². The lowest BCUT2D eigenvalue weighted by atomic mass is 9.79. The molecule has 13 heavy (non-hydrogen) atoms. The van der Waals surface area contributed by atoms with E-state index in [4.69, 9.17) is 0 Å². The van der Waals surface area contributed by atoms with Crippen LogP contribution in [0.3, 0.4) is 0 Å². The smallest absolute Gasteiger partial charge is 0.0115 e. The van der Waals surface area contributed by atoms with Crippen molar-refractivity contribution < 1.29 is 0 Å². The molecule has 1 saturated carbocycles. The average molecular weight is 196 g/mol. The van der Waals surface area contributed by atoms with E-state index >= 15 is 0 Å². The summed E-state index contributed by atoms with van der Waals surface area (Å²) in [5.41, 5.74) is 0.844. The molecule has 0 heterocycles. The van der Waals surface area contributed by atoms with Gasteiger partial charge in [-0.3, -0.25) is 0 Å². The molecule has 2 unspecified atom stereocenters. The third kappa shape index (κ3) is 3.68. The van der Waals surface area contributed by atoms with Gasteiger partial charge in [0.25, 0.3) is 0 Å². The molecule has 0 nitrogen and oxygen atoms in total. The van der Waals surface area contributed by atoms with Crippen LogP contribution in [0, 0.1) is 11.8 Å². The van der Waals surface area contributed by atoms with E-state index in [2.05, 4.69) is 19.6 Å². The van der Waals surface area contributed by atoms with Crippen molar-refractivity contribution in [1.29, 1.82) is 0 Å². The third-order valence-electron chi connectivity index (χ3n) is 3.60. The van der Waals surface area contributed by atoms with Crippen LogP contribution in [-0.2, 0) is 0 Å². The van der Waals surface area contributed by atoms with Crippen molar-refractivity contribution >= 4 is 10.2 Å². The van der Waals surface area contributed by atoms with Gasteiger partial charge >= 0.3 is 0 Å². The van der Waals surface area contributed by atoms with Crippen molar-refractivity contribution in [2.24, 2.45) is 11.8 Å². The summed E-state index contributed by atoms with van der Waals surface area (Å²) in [7, 11) is 1.29. The molecule has 1 aliphatic rings. The van der Waals surface area contributed by atoms with Crippen LogP contribution >= 0.6 is 0 Å². The number of hydrogen-bond donors (Lipinski definition) is 0. The van der Waals surface area contributed by atoms with Gasteiger partial charge in [-0.15, -0.1) is 6.58 Å². The minimum Gasteiger partial charge on any atom is -0.103 e. The van der Waals surface area contributed by atoms with Crippen molar-refractivity contribution in [3.05, 3.63) is 12.7 Å². The summed E-state index contributed by atoms with van der Waals surface area (Å²) < 4.78 is 0. The van der Waals surface area contributed by atoms with Gasteiger partial charge in [0.2, 0.25) is 0 Å². The normalized spacial score (nSPS) is 24.1. The SMILES string of the molecule is C=CC([SiH3])CC(C)C1CCCCC1. The molecule has 1 rings (SSSR count). The molecule has 0 amide bonds. The lowest BCUT2D eigenvalue weighted by Crippen LogP contribution is -2.16. The molecule has 1 heteroatoms. The summed E-state index contributed by atoms with van der Waals surface area (Å²) in [6.07, 6.45) is 11.0. The van der Waals surface area contributed by atoms with Crippen LogP contribution in [0.2, 0.25) is 5.54 Å². The van der Waals surface area contributed by atoms with Crippen molar-refractivity contribution in [3.63, 3.8) is 0 Å². The van der Waals surface area contributed by atoms with Gasteiger partial charge in [0.15, 0.2) is 0 Å². The first-order valence-electron chi connectivity index (χ1n) is 5.86. The van der Waals surface area contributed by atoms with Crippen LogP contribution in [0.25, 0.3) is 0 Å². The highest BCUT2D eigenvalue weighted by molar-refractivity contribution is 6.12. The second kappa shape index (κ2) is 5.64. The van der Waals surface area contributed by atoms with E-state index in [9.17, 15) is 0 Å². The Morgan fingerprint density at radius 1 is 1.38 bits per heavy atom. The Morgan fingerprint density at radius 3 is 2.54 bits per heavy atom. The molecule has 0 aromatic rings. The molecule has 0 saturated heterocycles. The van der Waals surface area contributed by atoms with Gasteiger partial charge in [0.05, 0.1) is 0 Å². The third-order valence-corrected chi connectivity index (χ3v) is 4.54. The summed E-state index contributed by atoms with van der Waals surface area (Å²) >= 11 is 0. The lowest BCUT2D eigenvalue weighted by Gasteiger charge is -2.28. The molecule has 0 aromatic heterocycles. The van der Waals surface area contributed by atoms with E-state index in [1.54, 1.807) is 0 Å². The Balaban J connectivity index is 2.28. The van der Waals surface area contributed by atoms with Crippen molar-refractivity contribution in [2.75, 3.05) is 0 Å². The van der Waals surface area contributed by atoms with E-state index in [1.165, 1.54) is 48.8 Å². The van der Waals surface area contributed by atoms with Crippen LogP contribution in [0.1, 0.15) is 45.4 Å². The predicted molar refractivity (Wildman–Crippen MR) is 64.2 cm³/mol. The molecule has 2 atom stereocenters. The van der Waals surface area contributed by atoms with Crippen LogP contribution in [0.15, 0.2) is 12.7 Å². The van der Waals surface area contributed by atoms with Gasteiger partial charge in [-0.2, -0.15) is 0 Å². The maximum atomic E-state index is 3.89. The fraction of sp³-hybridized carbons (Fsp3) is 0.833. The summed E-state index contributed by atoms with van der Waals surface area (Å²) in [5.74, 6) is 1.98. The zero-order chi connectivity index (χ0) is 9.68. The second-order valence-electron chi connectivity index (χ2n) is 4.82. The quantitative estimate of drug-likeness (QED) is 0.479. The van der Waals surface area contributed by atoms with Gasteiger partial charge in [-0.1, -0.05) is 45.1 Å². The fourth-order valence-electron chi connectivity index (χ4n) is 2.58. The summed E-state index contributed by atoms with van der Waals surface area (Å²) in [5, 5.41) is 0. The zero-order valence-electron chi connectivity index (χ0n) is 9.26. The van der Waals surface area contributed by atoms with E-state index in [0.717, 1.165) is 17.4 Å². The first-order chi connectivity index (χ1) is 6.24. The first-order valence-corrected chi connectivity index (χ1v) is 7.02. The standard InChI is InChI=1S/C12H24Si/c1-3-12(13)9-10(2)11-7-5-4-6-8-11/h3,10-12H,1,4-9H2,2,13H3. The second-order valence-corrected chi connectivity index (χ2v) is 6.31. The minimum atomic E-state index is 0.844. The number of hydrogen-bond acceptors (Lipinski definition) is 0. The molecule has 0 aromatic carbocycles. The zero-order valence-corrected chi connectivity index (χ0v) is 11.3. The Morgan fingerprint density at radius 2 is 2.00 bits per heavy atom. The van der Waals surface area contributed by atoms with Crippen molar-refractivity contribution in [2.45, 2.75) is 51.0 Å². The van der Waals surface area contributed by atoms with Gasteiger partial charge in [0.1, 0.15) is 0 Å². The Kier molecular flexibility index (Phi) is 4.79. The number of allylic oxidation sites excluding steroid dienone is 1. The highest BCUT2D eigenvalue weighted by Crippen LogP contribution is 2.33. The van der Waals surface area contributed by atoms with E-state index in [1.807, 2.05) is 0 Å². The maximum absolute atomic E-state index is 3.89. The lowest BCUT2D eigenvalue weighted by molar-refractivity contribution is 0.253. The Hall–Kier alpha value is -0.0431. The van der Waals surface area contributed by atoms with Gasteiger partial charge in [0, 0.05) is 10.2 Å². The molecule has 1 aliphatic carbocycles. The monoisotopic (exact) mass is 196 g/mol. The van der Waals surface area contributed by atoms with E-state index in [-0.39, 0.29) is 0 Å². The molecule has 0 N–H and O–H groups in total. The summed E-state index contributed by atoms with van der Waals surface area (Å²) in [4.78, 5) is 0. The fourth-order valence-corrected chi connectivity index (χ4v) is 3.32. The molecular weight excluding hydrogens is 172 g/mol. The minimum absolute atomic E-state index is 0.844. The molecular formula is C12H24Si. The van der Waals surface area contributed by atoms with E-state index in [0.29, 0.717) is 0 Å². The van der Waals surface area contributed by atoms with E-state index < -0.39 is 0 Å². The maximum Gasteiger partial charge on any atom is 0.0115 e. The molecule has 0 radical (unpaired) electrons. The molecule has 0 spiro atoms. The highest BCUT2D eigenvalue weighted by atomic mass is 28.1. The average Bonchev–Trinajstić information content (AvgIpc) is 2.19. The number of rotatable bonds is 4. The van der Waals surface area contributed by atoms with Crippen LogP contribution in [-0.4, -0.2) is 10.2 Å². The largest absolute Gasteiger partial charge is 0.103 e. The van der Waals surface area contributed by atoms with Gasteiger partial charge in [-0.25, -0.2) is 0 Å². The van der Waals surface area contributed by atoms with Crippen LogP contribution < -0.4 is 0 Å². The van der Waals surface area contributed by atoms with Gasteiger partial charge < -0.3 is 0 Å². The molecule has 0 aliphatic heterocycles. The Labute approximate surface area is 86.2 Å². The Bertz CT molecular complexity index is 147. The van der Waals surface area contributed by atoms with Crippen LogP contribution in [0.5, 0.6) is 0 Å². The topological polar surface area (TPSA) is 0 Å².